The van der Waals surface area contributed by atoms with E-state index in [0.29, 0.717) is 22.4 Å². The fourth-order valence-corrected chi connectivity index (χ4v) is 4.10. The molecule has 1 aromatic rings. The van der Waals surface area contributed by atoms with Crippen LogP contribution < -0.4 is 4.74 Å². The number of nitrogens with zero attached hydrogens (tertiary/aromatic N) is 4. The van der Waals surface area contributed by atoms with Crippen LogP contribution >= 0.6 is 23.2 Å². The summed E-state index contributed by atoms with van der Waals surface area (Å²) >= 11 is 12.5. The maximum absolute atomic E-state index is 11.7. The fraction of sp³-hybridized carbons (Fsp3) is 0.207. The molecule has 0 N–H and O–H groups in total. The molecule has 2 aliphatic rings. The Morgan fingerprint density at radius 2 is 2.00 bits per heavy atom. The molecule has 1 aromatic carbocycles. The molecule has 0 radical (unpaired) electrons. The van der Waals surface area contributed by atoms with Gasteiger partial charge in [-0.25, -0.2) is 5.01 Å². The molecule has 0 fully saturated rings. The number of ether oxygens (including phenoxy) is 1. The highest BCUT2D eigenvalue weighted by Crippen LogP contribution is 2.30. The number of hydrogen-bond donors (Lipinski definition) is 0. The van der Waals surface area contributed by atoms with E-state index in [-0.39, 0.29) is 18.3 Å². The predicted octanol–water partition coefficient (Wildman–Crippen LogP) is 7.19. The molecule has 196 valence electrons. The van der Waals surface area contributed by atoms with Crippen LogP contribution in [0.15, 0.2) is 122 Å². The van der Waals surface area contributed by atoms with Crippen molar-refractivity contribution in [1.29, 1.82) is 0 Å². The van der Waals surface area contributed by atoms with Crippen LogP contribution in [0, 0.1) is 10.8 Å². The van der Waals surface area contributed by atoms with Gasteiger partial charge in [0.05, 0.1) is 11.4 Å². The molecule has 1 aliphatic heterocycles. The molecule has 1 amide bonds. The van der Waals surface area contributed by atoms with E-state index in [2.05, 4.69) is 34.8 Å². The monoisotopic (exact) mass is 550 g/mol. The number of halogens is 2. The summed E-state index contributed by atoms with van der Waals surface area (Å²) in [5.74, 6) is -0.538. The summed E-state index contributed by atoms with van der Waals surface area (Å²) in [7, 11) is 0. The number of hydrazone groups is 1. The number of aliphatic imine (C=N–C) groups is 1. The summed E-state index contributed by atoms with van der Waals surface area (Å²) < 4.78 is 5.94. The van der Waals surface area contributed by atoms with Crippen molar-refractivity contribution < 1.29 is 9.53 Å². The SMILES string of the molecule is C=C/C=C(\C=C/CC)COc1ccc(C2=NCN(/N=C(\C)C(=O)N=O)C(C3C=CC(Cl)=CC(Cl)=C3)=C2)cc1. The first-order chi connectivity index (χ1) is 18.3. The summed E-state index contributed by atoms with van der Waals surface area (Å²) in [6, 6.07) is 7.62. The number of amides is 1. The van der Waals surface area contributed by atoms with Gasteiger partial charge in [0.15, 0.2) is 0 Å². The van der Waals surface area contributed by atoms with E-state index in [4.69, 9.17) is 27.9 Å². The third kappa shape index (κ3) is 8.10. The summed E-state index contributed by atoms with van der Waals surface area (Å²) in [4.78, 5) is 27.1. The van der Waals surface area contributed by atoms with Crippen molar-refractivity contribution in [3.05, 3.63) is 117 Å². The Balaban J connectivity index is 1.87. The van der Waals surface area contributed by atoms with Crippen molar-refractivity contribution in [2.75, 3.05) is 13.3 Å². The molecule has 1 aliphatic carbocycles. The highest BCUT2D eigenvalue weighted by Gasteiger charge is 2.23. The lowest BCUT2D eigenvalue weighted by atomic mass is 9.99. The molecule has 0 spiro atoms. The molecule has 1 unspecified atom stereocenters. The Labute approximate surface area is 232 Å². The molecular formula is C29H28Cl2N4O3. The van der Waals surface area contributed by atoms with Crippen LogP contribution in [-0.4, -0.2) is 35.6 Å². The average Bonchev–Trinajstić information content (AvgIpc) is 3.09. The van der Waals surface area contributed by atoms with Crippen LogP contribution in [0.2, 0.25) is 0 Å². The zero-order valence-corrected chi connectivity index (χ0v) is 22.7. The van der Waals surface area contributed by atoms with Crippen LogP contribution in [0.3, 0.4) is 0 Å². The van der Waals surface area contributed by atoms with E-state index in [1.165, 1.54) is 6.92 Å². The van der Waals surface area contributed by atoms with Crippen molar-refractivity contribution in [2.45, 2.75) is 20.3 Å². The Kier molecular flexibility index (Phi) is 10.8. The number of carbonyl (C=O) groups excluding carboxylic acids is 1. The Morgan fingerprint density at radius 1 is 1.24 bits per heavy atom. The van der Waals surface area contributed by atoms with Crippen LogP contribution in [0.1, 0.15) is 25.8 Å². The molecule has 0 bridgehead atoms. The number of carbonyl (C=O) groups is 1. The zero-order valence-electron chi connectivity index (χ0n) is 21.2. The second kappa shape index (κ2) is 14.2. The number of rotatable bonds is 10. The van der Waals surface area contributed by atoms with E-state index in [1.807, 2.05) is 54.6 Å². The van der Waals surface area contributed by atoms with Gasteiger partial charge in [-0.05, 0) is 61.4 Å². The van der Waals surface area contributed by atoms with E-state index in [0.717, 1.165) is 29.0 Å². The second-order valence-electron chi connectivity index (χ2n) is 8.30. The second-order valence-corrected chi connectivity index (χ2v) is 9.17. The molecule has 9 heteroatoms. The van der Waals surface area contributed by atoms with Crippen LogP contribution in [0.25, 0.3) is 0 Å². The number of allylic oxidation sites excluding steroid dienone is 9. The van der Waals surface area contributed by atoms with E-state index >= 15 is 0 Å². The van der Waals surface area contributed by atoms with Gasteiger partial charge in [0.25, 0.3) is 0 Å². The maximum Gasteiger partial charge on any atom is 0.332 e. The highest BCUT2D eigenvalue weighted by atomic mass is 35.5. The number of nitroso groups, excluding NO2 is 1. The lowest BCUT2D eigenvalue weighted by Crippen LogP contribution is -2.29. The lowest BCUT2D eigenvalue weighted by molar-refractivity contribution is -0.112. The minimum Gasteiger partial charge on any atom is -0.489 e. The van der Waals surface area contributed by atoms with Gasteiger partial charge >= 0.3 is 5.91 Å². The van der Waals surface area contributed by atoms with E-state index in [9.17, 15) is 9.70 Å². The summed E-state index contributed by atoms with van der Waals surface area (Å²) in [6.45, 7) is 7.81. The predicted molar refractivity (Wildman–Crippen MR) is 155 cm³/mol. The number of hydrogen-bond acceptors (Lipinski definition) is 6. The van der Waals surface area contributed by atoms with Gasteiger partial charge in [0.2, 0.25) is 0 Å². The van der Waals surface area contributed by atoms with Crippen molar-refractivity contribution in [2.24, 2.45) is 21.2 Å². The number of benzene rings is 1. The molecule has 38 heavy (non-hydrogen) atoms. The van der Waals surface area contributed by atoms with Crippen LogP contribution in [-0.2, 0) is 4.79 Å². The molecule has 1 atom stereocenters. The van der Waals surface area contributed by atoms with Gasteiger partial charge in [0.1, 0.15) is 24.7 Å². The largest absolute Gasteiger partial charge is 0.489 e. The summed E-state index contributed by atoms with van der Waals surface area (Å²) in [5, 5.41) is 9.24. The molecule has 0 saturated heterocycles. The molecule has 0 saturated carbocycles. The van der Waals surface area contributed by atoms with Crippen LogP contribution in [0.5, 0.6) is 5.75 Å². The third-order valence-electron chi connectivity index (χ3n) is 5.49. The molecule has 1 heterocycles. The standard InChI is InChI=1S/C29H28Cl2N4O3/c1-4-6-8-21(7-5-2)18-38-26-13-10-22(11-14-26)27-17-28(23-9-12-24(30)16-25(31)15-23)35(19-32-27)33-20(3)29(36)34-37/h5-17,23H,2,4,18-19H2,1,3H3/b8-6-,21-7+,33-20+. The van der Waals surface area contributed by atoms with Gasteiger partial charge in [-0.3, -0.25) is 9.79 Å². The maximum atomic E-state index is 11.7. The Bertz CT molecular complexity index is 1320. The molecule has 7 nitrogen and oxygen atoms in total. The minimum absolute atomic E-state index is 0.0476. The van der Waals surface area contributed by atoms with E-state index in [1.54, 1.807) is 23.2 Å². The van der Waals surface area contributed by atoms with Gasteiger partial charge in [-0.1, -0.05) is 73.2 Å². The smallest absolute Gasteiger partial charge is 0.332 e. The topological polar surface area (TPSA) is 83.7 Å². The van der Waals surface area contributed by atoms with Gasteiger partial charge in [-0.2, -0.15) is 5.10 Å². The highest BCUT2D eigenvalue weighted by molar-refractivity contribution is 6.38. The zero-order chi connectivity index (χ0) is 27.5. The summed E-state index contributed by atoms with van der Waals surface area (Å²) in [6.07, 6.45) is 17.6. The Hall–Kier alpha value is -3.81. The Morgan fingerprint density at radius 3 is 2.68 bits per heavy atom. The van der Waals surface area contributed by atoms with Crippen molar-refractivity contribution in [3.8, 4) is 5.75 Å². The third-order valence-corrected chi connectivity index (χ3v) is 5.96. The minimum atomic E-state index is -0.944. The molecular weight excluding hydrogens is 523 g/mol. The quantitative estimate of drug-likeness (QED) is 0.175. The van der Waals surface area contributed by atoms with Crippen molar-refractivity contribution in [1.82, 2.24) is 5.01 Å². The van der Waals surface area contributed by atoms with Gasteiger partial charge in [0, 0.05) is 26.7 Å². The summed E-state index contributed by atoms with van der Waals surface area (Å²) in [5.41, 5.74) is 3.26. The van der Waals surface area contributed by atoms with Crippen LogP contribution in [0.4, 0.5) is 0 Å². The average molecular weight is 551 g/mol. The molecule has 3 rings (SSSR count). The van der Waals surface area contributed by atoms with Crippen molar-refractivity contribution >= 4 is 40.5 Å². The first-order valence-electron chi connectivity index (χ1n) is 11.9. The van der Waals surface area contributed by atoms with Gasteiger partial charge in [-0.15, -0.1) is 4.91 Å². The lowest BCUT2D eigenvalue weighted by Gasteiger charge is -2.28. The normalized spacial score (nSPS) is 18.3. The fourth-order valence-electron chi connectivity index (χ4n) is 3.60. The first-order valence-corrected chi connectivity index (χ1v) is 12.7. The van der Waals surface area contributed by atoms with E-state index < -0.39 is 5.91 Å². The first kappa shape index (κ1) is 28.8. The molecule has 0 aromatic heterocycles. The van der Waals surface area contributed by atoms with Crippen molar-refractivity contribution in [3.63, 3.8) is 0 Å². The van der Waals surface area contributed by atoms with Gasteiger partial charge < -0.3 is 4.74 Å².